The highest BCUT2D eigenvalue weighted by atomic mass is 16.5. The summed E-state index contributed by atoms with van der Waals surface area (Å²) in [7, 11) is 0. The number of benzene rings is 2. The Morgan fingerprint density at radius 3 is 2.09 bits per heavy atom. The molecule has 0 aromatic heterocycles. The van der Waals surface area contributed by atoms with Crippen molar-refractivity contribution in [3.63, 3.8) is 0 Å². The number of nitrogens with one attached hydrogen (secondary N) is 1. The summed E-state index contributed by atoms with van der Waals surface area (Å²) >= 11 is 0. The molecule has 0 bridgehead atoms. The Morgan fingerprint density at radius 2 is 1.52 bits per heavy atom. The van der Waals surface area contributed by atoms with E-state index < -0.39 is 5.91 Å². The van der Waals surface area contributed by atoms with Gasteiger partial charge in [0.25, 0.3) is 5.91 Å². The fourth-order valence-corrected chi connectivity index (χ4v) is 1.85. The molecular formula is C18H15NO4. The van der Waals surface area contributed by atoms with Crippen molar-refractivity contribution in [2.75, 3.05) is 0 Å². The molecule has 0 atom stereocenters. The van der Waals surface area contributed by atoms with Crippen LogP contribution in [0.5, 0.6) is 5.75 Å². The lowest BCUT2D eigenvalue weighted by molar-refractivity contribution is -0.124. The summed E-state index contributed by atoms with van der Waals surface area (Å²) < 4.78 is 0. The second kappa shape index (κ2) is 7.72. The van der Waals surface area contributed by atoms with Gasteiger partial charge in [-0.15, -0.1) is 0 Å². The highest BCUT2D eigenvalue weighted by Crippen LogP contribution is 2.13. The van der Waals surface area contributed by atoms with Crippen molar-refractivity contribution in [1.29, 1.82) is 0 Å². The fraction of sp³-hybridized carbons (Fsp3) is 0. The number of phenols is 1. The van der Waals surface area contributed by atoms with Crippen LogP contribution in [-0.2, 0) is 4.79 Å². The Hall–Kier alpha value is -3.18. The number of hydrogen-bond donors (Lipinski definition) is 3. The van der Waals surface area contributed by atoms with Gasteiger partial charge in [-0.25, -0.2) is 5.48 Å². The van der Waals surface area contributed by atoms with E-state index in [0.717, 1.165) is 11.1 Å². The van der Waals surface area contributed by atoms with Gasteiger partial charge in [0.1, 0.15) is 5.75 Å². The van der Waals surface area contributed by atoms with E-state index in [1.807, 2.05) is 0 Å². The minimum absolute atomic E-state index is 0.0484. The average Bonchev–Trinajstić information content (AvgIpc) is 2.58. The number of aromatic hydroxyl groups is 1. The largest absolute Gasteiger partial charge is 0.508 e. The summed E-state index contributed by atoms with van der Waals surface area (Å²) in [6, 6.07) is 13.3. The number of carbonyl (C=O) groups excluding carboxylic acids is 2. The molecule has 0 heterocycles. The number of carbonyl (C=O) groups is 2. The standard InChI is InChI=1S/C18H15NO4/c20-16-3-1-2-15(12-16)17(21)10-8-13-4-6-14(7-5-13)9-11-18(22)19-23/h1-12,20,23H,(H,19,22)/b10-8+,11-9+. The van der Waals surface area contributed by atoms with Gasteiger partial charge in [0, 0.05) is 11.6 Å². The molecule has 0 radical (unpaired) electrons. The van der Waals surface area contributed by atoms with Gasteiger partial charge >= 0.3 is 0 Å². The lowest BCUT2D eigenvalue weighted by atomic mass is 10.1. The van der Waals surface area contributed by atoms with Gasteiger partial charge in [0.05, 0.1) is 0 Å². The maximum absolute atomic E-state index is 12.0. The van der Waals surface area contributed by atoms with E-state index in [9.17, 15) is 14.7 Å². The van der Waals surface area contributed by atoms with Crippen molar-refractivity contribution in [3.8, 4) is 5.75 Å². The normalized spacial score (nSPS) is 11.0. The second-order valence-electron chi connectivity index (χ2n) is 4.72. The first kappa shape index (κ1) is 16.2. The van der Waals surface area contributed by atoms with Gasteiger partial charge in [-0.2, -0.15) is 0 Å². The fourth-order valence-electron chi connectivity index (χ4n) is 1.85. The van der Waals surface area contributed by atoms with E-state index in [0.29, 0.717) is 5.56 Å². The first-order valence-corrected chi connectivity index (χ1v) is 6.82. The molecule has 5 heteroatoms. The van der Waals surface area contributed by atoms with Crippen LogP contribution in [0.25, 0.3) is 12.2 Å². The lowest BCUT2D eigenvalue weighted by Gasteiger charge is -1.98. The monoisotopic (exact) mass is 309 g/mol. The van der Waals surface area contributed by atoms with Crippen LogP contribution in [0.15, 0.2) is 60.7 Å². The summed E-state index contributed by atoms with van der Waals surface area (Å²) in [6.07, 6.45) is 5.85. The molecule has 23 heavy (non-hydrogen) atoms. The maximum atomic E-state index is 12.0. The molecule has 1 amide bonds. The summed E-state index contributed by atoms with van der Waals surface area (Å²) in [5.74, 6) is -0.762. The van der Waals surface area contributed by atoms with Gasteiger partial charge in [-0.1, -0.05) is 42.5 Å². The van der Waals surface area contributed by atoms with E-state index in [4.69, 9.17) is 5.21 Å². The van der Waals surface area contributed by atoms with E-state index in [2.05, 4.69) is 0 Å². The number of rotatable bonds is 5. The van der Waals surface area contributed by atoms with Crippen LogP contribution in [-0.4, -0.2) is 22.0 Å². The van der Waals surface area contributed by atoms with E-state index >= 15 is 0 Å². The van der Waals surface area contributed by atoms with Crippen molar-refractivity contribution in [2.45, 2.75) is 0 Å². The second-order valence-corrected chi connectivity index (χ2v) is 4.72. The Morgan fingerprint density at radius 1 is 0.913 bits per heavy atom. The SMILES string of the molecule is O=C(/C=C/c1ccc(/C=C/C(=O)c2cccc(O)c2)cc1)NO. The number of ketones is 1. The Labute approximate surface area is 133 Å². The highest BCUT2D eigenvalue weighted by Gasteiger charge is 2.02. The lowest BCUT2D eigenvalue weighted by Crippen LogP contribution is -2.14. The molecule has 2 rings (SSSR count). The van der Waals surface area contributed by atoms with Crippen molar-refractivity contribution in [2.24, 2.45) is 0 Å². The number of hydroxylamine groups is 1. The van der Waals surface area contributed by atoms with Crippen LogP contribution in [0.2, 0.25) is 0 Å². The molecule has 0 unspecified atom stereocenters. The van der Waals surface area contributed by atoms with Crippen molar-refractivity contribution in [3.05, 3.63) is 77.4 Å². The molecule has 0 saturated carbocycles. The Bertz CT molecular complexity index is 761. The van der Waals surface area contributed by atoms with Crippen LogP contribution >= 0.6 is 0 Å². The van der Waals surface area contributed by atoms with E-state index in [1.54, 1.807) is 48.6 Å². The first-order valence-electron chi connectivity index (χ1n) is 6.82. The maximum Gasteiger partial charge on any atom is 0.267 e. The van der Waals surface area contributed by atoms with Crippen LogP contribution in [0, 0.1) is 0 Å². The molecule has 0 saturated heterocycles. The first-order chi connectivity index (χ1) is 11.1. The molecular weight excluding hydrogens is 294 g/mol. The third-order valence-electron chi connectivity index (χ3n) is 3.03. The Balaban J connectivity index is 2.04. The van der Waals surface area contributed by atoms with Gasteiger partial charge in [0.15, 0.2) is 5.78 Å². The molecule has 0 aliphatic heterocycles. The topological polar surface area (TPSA) is 86.6 Å². The highest BCUT2D eigenvalue weighted by molar-refractivity contribution is 6.07. The molecule has 0 aliphatic rings. The molecule has 5 nitrogen and oxygen atoms in total. The summed E-state index contributed by atoms with van der Waals surface area (Å²) in [6.45, 7) is 0. The van der Waals surface area contributed by atoms with Crippen LogP contribution < -0.4 is 5.48 Å². The molecule has 116 valence electrons. The minimum Gasteiger partial charge on any atom is -0.508 e. The number of allylic oxidation sites excluding steroid dienone is 1. The van der Waals surface area contributed by atoms with Crippen LogP contribution in [0.3, 0.4) is 0 Å². The molecule has 3 N–H and O–H groups in total. The van der Waals surface area contributed by atoms with Gasteiger partial charge in [-0.3, -0.25) is 14.8 Å². The molecule has 2 aromatic carbocycles. The third-order valence-corrected chi connectivity index (χ3v) is 3.03. The molecule has 0 fully saturated rings. The summed E-state index contributed by atoms with van der Waals surface area (Å²) in [5.41, 5.74) is 3.52. The zero-order chi connectivity index (χ0) is 16.7. The van der Waals surface area contributed by atoms with Crippen LogP contribution in [0.1, 0.15) is 21.5 Å². The van der Waals surface area contributed by atoms with Gasteiger partial charge in [0.2, 0.25) is 0 Å². The van der Waals surface area contributed by atoms with Crippen LogP contribution in [0.4, 0.5) is 0 Å². The average molecular weight is 309 g/mol. The summed E-state index contributed by atoms with van der Waals surface area (Å²) in [4.78, 5) is 22.8. The Kier molecular flexibility index (Phi) is 5.44. The smallest absolute Gasteiger partial charge is 0.267 e. The van der Waals surface area contributed by atoms with Crippen molar-refractivity contribution in [1.82, 2.24) is 5.48 Å². The molecule has 0 spiro atoms. The van der Waals surface area contributed by atoms with Crippen molar-refractivity contribution < 1.29 is 19.9 Å². The zero-order valence-corrected chi connectivity index (χ0v) is 12.1. The van der Waals surface area contributed by atoms with Gasteiger partial charge < -0.3 is 5.11 Å². The molecule has 2 aromatic rings. The summed E-state index contributed by atoms with van der Waals surface area (Å²) in [5, 5.41) is 17.7. The number of hydrogen-bond acceptors (Lipinski definition) is 4. The van der Waals surface area contributed by atoms with E-state index in [1.165, 1.54) is 29.8 Å². The van der Waals surface area contributed by atoms with Gasteiger partial charge in [-0.05, 0) is 35.4 Å². The minimum atomic E-state index is -0.606. The predicted octanol–water partition coefficient (Wildman–Crippen LogP) is 2.81. The number of amides is 1. The molecule has 0 aliphatic carbocycles. The zero-order valence-electron chi connectivity index (χ0n) is 12.1. The quantitative estimate of drug-likeness (QED) is 0.343. The van der Waals surface area contributed by atoms with Crippen molar-refractivity contribution >= 4 is 23.8 Å². The predicted molar refractivity (Wildman–Crippen MR) is 86.9 cm³/mol. The number of phenolic OH excluding ortho intramolecular Hbond substituents is 1. The van der Waals surface area contributed by atoms with E-state index in [-0.39, 0.29) is 11.5 Å². The third kappa shape index (κ3) is 4.94.